The molecule has 0 aromatic heterocycles. The minimum absolute atomic E-state index is 0.182. The van der Waals surface area contributed by atoms with E-state index in [1.54, 1.807) is 0 Å². The fraction of sp³-hybridized carbons (Fsp3) is 0.538. The molecule has 2 rings (SSSR count). The fourth-order valence-corrected chi connectivity index (χ4v) is 1.81. The van der Waals surface area contributed by atoms with Gasteiger partial charge in [-0.2, -0.15) is 0 Å². The minimum Gasteiger partial charge on any atom is -0.491 e. The number of benzene rings is 1. The number of morpholine rings is 1. The third-order valence-electron chi connectivity index (χ3n) is 2.55. The molecule has 1 aliphatic heterocycles. The maximum atomic E-state index is 5.68. The summed E-state index contributed by atoms with van der Waals surface area (Å²) in [4.78, 5) is 0. The van der Waals surface area contributed by atoms with Gasteiger partial charge in [0.15, 0.2) is 0 Å². The van der Waals surface area contributed by atoms with Crippen LogP contribution in [0.2, 0.25) is 0 Å². The molecular formula is C13H19NO2. The van der Waals surface area contributed by atoms with Crippen LogP contribution in [-0.4, -0.2) is 25.8 Å². The third kappa shape index (κ3) is 2.97. The van der Waals surface area contributed by atoms with Gasteiger partial charge in [-0.15, -0.1) is 0 Å². The van der Waals surface area contributed by atoms with Crippen molar-refractivity contribution in [2.75, 3.05) is 19.7 Å². The summed E-state index contributed by atoms with van der Waals surface area (Å²) in [5.74, 6) is 0.919. The van der Waals surface area contributed by atoms with Crippen molar-refractivity contribution in [3.8, 4) is 5.75 Å². The van der Waals surface area contributed by atoms with E-state index in [1.807, 2.05) is 26.0 Å². The molecule has 3 heteroatoms. The molecule has 1 heterocycles. The van der Waals surface area contributed by atoms with E-state index in [4.69, 9.17) is 9.47 Å². The minimum atomic E-state index is 0.182. The Morgan fingerprint density at radius 3 is 2.62 bits per heavy atom. The number of rotatable bonds is 3. The van der Waals surface area contributed by atoms with E-state index in [0.29, 0.717) is 0 Å². The molecule has 1 atom stereocenters. The van der Waals surface area contributed by atoms with Gasteiger partial charge in [-0.3, -0.25) is 0 Å². The Hall–Kier alpha value is -1.06. The third-order valence-corrected chi connectivity index (χ3v) is 2.55. The van der Waals surface area contributed by atoms with Crippen LogP contribution in [-0.2, 0) is 4.74 Å². The summed E-state index contributed by atoms with van der Waals surface area (Å²) in [5, 5.41) is 3.32. The van der Waals surface area contributed by atoms with Crippen LogP contribution in [0.15, 0.2) is 24.3 Å². The molecule has 0 bridgehead atoms. The first kappa shape index (κ1) is 11.4. The van der Waals surface area contributed by atoms with Crippen molar-refractivity contribution in [3.63, 3.8) is 0 Å². The highest BCUT2D eigenvalue weighted by atomic mass is 16.5. The first-order chi connectivity index (χ1) is 7.75. The highest BCUT2D eigenvalue weighted by Gasteiger charge is 2.15. The average Bonchev–Trinajstić information content (AvgIpc) is 2.30. The van der Waals surface area contributed by atoms with Crippen LogP contribution in [0.3, 0.4) is 0 Å². The van der Waals surface area contributed by atoms with Crippen molar-refractivity contribution >= 4 is 0 Å². The fourth-order valence-electron chi connectivity index (χ4n) is 1.81. The molecule has 3 nitrogen and oxygen atoms in total. The van der Waals surface area contributed by atoms with E-state index in [0.717, 1.165) is 25.4 Å². The Kier molecular flexibility index (Phi) is 3.80. The van der Waals surface area contributed by atoms with Gasteiger partial charge in [0.25, 0.3) is 0 Å². The average molecular weight is 221 g/mol. The zero-order chi connectivity index (χ0) is 11.4. The smallest absolute Gasteiger partial charge is 0.119 e. The molecule has 1 N–H and O–H groups in total. The normalized spacial score (nSPS) is 21.1. The molecule has 16 heavy (non-hydrogen) atoms. The number of hydrogen-bond acceptors (Lipinski definition) is 3. The number of ether oxygens (including phenoxy) is 2. The van der Waals surface area contributed by atoms with Gasteiger partial charge >= 0.3 is 0 Å². The molecule has 0 aliphatic carbocycles. The second-order valence-electron chi connectivity index (χ2n) is 4.30. The quantitative estimate of drug-likeness (QED) is 0.848. The van der Waals surface area contributed by atoms with Crippen molar-refractivity contribution < 1.29 is 9.47 Å². The summed E-state index contributed by atoms with van der Waals surface area (Å²) in [5.41, 5.74) is 1.21. The SMILES string of the molecule is CC(C)Oc1ccc(C2CNCCO2)cc1. The van der Waals surface area contributed by atoms with Crippen LogP contribution in [0.25, 0.3) is 0 Å². The van der Waals surface area contributed by atoms with E-state index >= 15 is 0 Å². The highest BCUT2D eigenvalue weighted by Crippen LogP contribution is 2.22. The molecule has 1 unspecified atom stereocenters. The van der Waals surface area contributed by atoms with Gasteiger partial charge in [-0.25, -0.2) is 0 Å². The standard InChI is InChI=1S/C13H19NO2/c1-10(2)16-12-5-3-11(4-6-12)13-9-14-7-8-15-13/h3-6,10,13-14H,7-9H2,1-2H3. The van der Waals surface area contributed by atoms with Gasteiger partial charge in [0, 0.05) is 13.1 Å². The van der Waals surface area contributed by atoms with Gasteiger partial charge in [0.05, 0.1) is 18.8 Å². The van der Waals surface area contributed by atoms with Gasteiger partial charge in [0.1, 0.15) is 5.75 Å². The van der Waals surface area contributed by atoms with E-state index in [9.17, 15) is 0 Å². The summed E-state index contributed by atoms with van der Waals surface area (Å²) in [6, 6.07) is 8.17. The first-order valence-corrected chi connectivity index (χ1v) is 5.84. The van der Waals surface area contributed by atoms with E-state index in [2.05, 4.69) is 17.4 Å². The number of hydrogen-bond donors (Lipinski definition) is 1. The van der Waals surface area contributed by atoms with Crippen LogP contribution >= 0.6 is 0 Å². The molecule has 1 saturated heterocycles. The zero-order valence-corrected chi connectivity index (χ0v) is 9.90. The first-order valence-electron chi connectivity index (χ1n) is 5.84. The van der Waals surface area contributed by atoms with Crippen molar-refractivity contribution in [3.05, 3.63) is 29.8 Å². The molecule has 1 aliphatic rings. The molecular weight excluding hydrogens is 202 g/mol. The maximum absolute atomic E-state index is 5.68. The van der Waals surface area contributed by atoms with Crippen LogP contribution in [0.5, 0.6) is 5.75 Å². The van der Waals surface area contributed by atoms with Crippen LogP contribution in [0.1, 0.15) is 25.5 Å². The summed E-state index contributed by atoms with van der Waals surface area (Å²) in [7, 11) is 0. The summed E-state index contributed by atoms with van der Waals surface area (Å²) in [6.07, 6.45) is 0.403. The Morgan fingerprint density at radius 2 is 2.06 bits per heavy atom. The molecule has 1 aromatic carbocycles. The second-order valence-corrected chi connectivity index (χ2v) is 4.30. The predicted molar refractivity (Wildman–Crippen MR) is 63.8 cm³/mol. The summed E-state index contributed by atoms with van der Waals surface area (Å²) >= 11 is 0. The zero-order valence-electron chi connectivity index (χ0n) is 9.90. The van der Waals surface area contributed by atoms with Crippen LogP contribution in [0.4, 0.5) is 0 Å². The maximum Gasteiger partial charge on any atom is 0.119 e. The van der Waals surface area contributed by atoms with E-state index in [1.165, 1.54) is 5.56 Å². The van der Waals surface area contributed by atoms with Crippen molar-refractivity contribution in [1.82, 2.24) is 5.32 Å². The van der Waals surface area contributed by atoms with Gasteiger partial charge in [0.2, 0.25) is 0 Å². The highest BCUT2D eigenvalue weighted by molar-refractivity contribution is 5.29. The van der Waals surface area contributed by atoms with Gasteiger partial charge < -0.3 is 14.8 Å². The lowest BCUT2D eigenvalue weighted by atomic mass is 10.1. The van der Waals surface area contributed by atoms with E-state index < -0.39 is 0 Å². The molecule has 1 aromatic rings. The Morgan fingerprint density at radius 1 is 1.31 bits per heavy atom. The van der Waals surface area contributed by atoms with E-state index in [-0.39, 0.29) is 12.2 Å². The molecule has 0 saturated carbocycles. The van der Waals surface area contributed by atoms with Gasteiger partial charge in [-0.05, 0) is 31.5 Å². The molecule has 88 valence electrons. The molecule has 0 amide bonds. The molecule has 1 fully saturated rings. The number of nitrogens with one attached hydrogen (secondary N) is 1. The van der Waals surface area contributed by atoms with Crippen LogP contribution < -0.4 is 10.1 Å². The van der Waals surface area contributed by atoms with Crippen LogP contribution in [0, 0.1) is 0 Å². The Labute approximate surface area is 96.8 Å². The monoisotopic (exact) mass is 221 g/mol. The van der Waals surface area contributed by atoms with Crippen molar-refractivity contribution in [2.45, 2.75) is 26.1 Å². The van der Waals surface area contributed by atoms with Crippen molar-refractivity contribution in [2.24, 2.45) is 0 Å². The summed E-state index contributed by atoms with van der Waals surface area (Å²) in [6.45, 7) is 6.69. The largest absolute Gasteiger partial charge is 0.491 e. The molecule has 0 radical (unpaired) electrons. The molecule has 0 spiro atoms. The van der Waals surface area contributed by atoms with Crippen molar-refractivity contribution in [1.29, 1.82) is 0 Å². The second kappa shape index (κ2) is 5.32. The van der Waals surface area contributed by atoms with Gasteiger partial charge in [-0.1, -0.05) is 12.1 Å². The lowest BCUT2D eigenvalue weighted by Gasteiger charge is -2.24. The Bertz CT molecular complexity index is 315. The topological polar surface area (TPSA) is 30.5 Å². The summed E-state index contributed by atoms with van der Waals surface area (Å²) < 4.78 is 11.3. The predicted octanol–water partition coefficient (Wildman–Crippen LogP) is 2.13. The lowest BCUT2D eigenvalue weighted by molar-refractivity contribution is 0.0276. The lowest BCUT2D eigenvalue weighted by Crippen LogP contribution is -2.33. The Balaban J connectivity index is 2.00.